The van der Waals surface area contributed by atoms with Crippen LogP contribution in [-0.4, -0.2) is 12.1 Å². The van der Waals surface area contributed by atoms with Crippen molar-refractivity contribution in [3.05, 3.63) is 83.0 Å². The molecule has 0 radical (unpaired) electrons. The number of benzene rings is 3. The number of ether oxygens (including phenoxy) is 1. The lowest BCUT2D eigenvalue weighted by atomic mass is 9.97. The summed E-state index contributed by atoms with van der Waals surface area (Å²) < 4.78 is 35.7. The molecule has 4 rings (SSSR count). The molecule has 0 aliphatic carbocycles. The quantitative estimate of drug-likeness (QED) is 0.402. The molecule has 0 atom stereocenters. The van der Waals surface area contributed by atoms with Crippen LogP contribution in [0.1, 0.15) is 11.3 Å². The van der Waals surface area contributed by atoms with Crippen LogP contribution >= 0.6 is 11.6 Å². The SMILES string of the molecule is COc1ccc(C(F)(F)c2nc3ccc(Cl)cc3c3ccccc23)cc1. The number of rotatable bonds is 3. The van der Waals surface area contributed by atoms with Crippen molar-refractivity contribution >= 4 is 33.3 Å². The fourth-order valence-electron chi connectivity index (χ4n) is 3.10. The minimum absolute atomic E-state index is 0.135. The molecule has 0 aliphatic rings. The van der Waals surface area contributed by atoms with Gasteiger partial charge in [-0.2, -0.15) is 8.78 Å². The minimum atomic E-state index is -3.25. The van der Waals surface area contributed by atoms with E-state index < -0.39 is 5.92 Å². The van der Waals surface area contributed by atoms with E-state index in [1.807, 2.05) is 12.1 Å². The van der Waals surface area contributed by atoms with Crippen LogP contribution in [0.25, 0.3) is 21.7 Å². The third-order valence-electron chi connectivity index (χ3n) is 4.41. The molecule has 1 heterocycles. The van der Waals surface area contributed by atoms with Crippen molar-refractivity contribution in [3.8, 4) is 5.75 Å². The van der Waals surface area contributed by atoms with Gasteiger partial charge in [-0.1, -0.05) is 35.9 Å². The van der Waals surface area contributed by atoms with Crippen LogP contribution in [0.3, 0.4) is 0 Å². The van der Waals surface area contributed by atoms with E-state index in [0.29, 0.717) is 27.1 Å². The zero-order valence-corrected chi connectivity index (χ0v) is 14.6. The number of hydrogen-bond donors (Lipinski definition) is 0. The average molecular weight is 370 g/mol. The number of alkyl halides is 2. The molecule has 130 valence electrons. The molecule has 2 nitrogen and oxygen atoms in total. The van der Waals surface area contributed by atoms with E-state index >= 15 is 8.78 Å². The van der Waals surface area contributed by atoms with E-state index in [2.05, 4.69) is 4.98 Å². The molecule has 0 fully saturated rings. The summed E-state index contributed by atoms with van der Waals surface area (Å²) in [5.74, 6) is -2.73. The van der Waals surface area contributed by atoms with E-state index in [1.54, 1.807) is 30.3 Å². The van der Waals surface area contributed by atoms with Crippen molar-refractivity contribution in [2.75, 3.05) is 7.11 Å². The molecule has 4 aromatic rings. The number of methoxy groups -OCH3 is 1. The van der Waals surface area contributed by atoms with E-state index in [9.17, 15) is 0 Å². The summed E-state index contributed by atoms with van der Waals surface area (Å²) in [5, 5.41) is 2.40. The predicted octanol–water partition coefficient (Wildman–Crippen LogP) is 6.19. The molecule has 0 aliphatic heterocycles. The second kappa shape index (κ2) is 6.22. The summed E-state index contributed by atoms with van der Waals surface area (Å²) in [4.78, 5) is 4.30. The summed E-state index contributed by atoms with van der Waals surface area (Å²) in [6, 6.07) is 17.9. The molecule has 26 heavy (non-hydrogen) atoms. The van der Waals surface area contributed by atoms with E-state index in [-0.39, 0.29) is 11.3 Å². The molecule has 0 saturated heterocycles. The number of hydrogen-bond acceptors (Lipinski definition) is 2. The lowest BCUT2D eigenvalue weighted by Crippen LogP contribution is -2.18. The molecule has 1 aromatic heterocycles. The second-order valence-corrected chi connectivity index (χ2v) is 6.41. The lowest BCUT2D eigenvalue weighted by Gasteiger charge is -2.19. The number of pyridine rings is 1. The van der Waals surface area contributed by atoms with Crippen LogP contribution in [0.5, 0.6) is 5.75 Å². The number of nitrogens with zero attached hydrogens (tertiary/aromatic N) is 1. The van der Waals surface area contributed by atoms with Gasteiger partial charge in [0.1, 0.15) is 11.4 Å². The largest absolute Gasteiger partial charge is 0.497 e. The minimum Gasteiger partial charge on any atom is -0.497 e. The summed E-state index contributed by atoms with van der Waals surface area (Å²) in [6.45, 7) is 0. The summed E-state index contributed by atoms with van der Waals surface area (Å²) in [7, 11) is 1.50. The molecule has 0 N–H and O–H groups in total. The summed E-state index contributed by atoms with van der Waals surface area (Å²) >= 11 is 6.09. The Kier molecular flexibility index (Phi) is 4.00. The van der Waals surface area contributed by atoms with E-state index in [4.69, 9.17) is 16.3 Å². The highest BCUT2D eigenvalue weighted by Gasteiger charge is 2.37. The highest BCUT2D eigenvalue weighted by molar-refractivity contribution is 6.31. The number of aromatic nitrogens is 1. The molecule has 3 aromatic carbocycles. The molecule has 0 saturated carbocycles. The van der Waals surface area contributed by atoms with Crippen LogP contribution in [-0.2, 0) is 5.92 Å². The van der Waals surface area contributed by atoms with Crippen molar-refractivity contribution in [3.63, 3.8) is 0 Å². The van der Waals surface area contributed by atoms with Crippen molar-refractivity contribution in [1.29, 1.82) is 0 Å². The monoisotopic (exact) mass is 369 g/mol. The first-order valence-corrected chi connectivity index (χ1v) is 8.39. The lowest BCUT2D eigenvalue weighted by molar-refractivity contribution is 0.0401. The number of halogens is 3. The van der Waals surface area contributed by atoms with Crippen molar-refractivity contribution in [2.45, 2.75) is 5.92 Å². The standard InChI is InChI=1S/C21H14ClF2NO/c1-26-15-9-6-13(7-10-15)21(23,24)20-17-5-3-2-4-16(17)18-12-14(22)8-11-19(18)25-20/h2-12H,1H3. The highest BCUT2D eigenvalue weighted by Crippen LogP contribution is 2.40. The van der Waals surface area contributed by atoms with E-state index in [1.165, 1.54) is 31.4 Å². The smallest absolute Gasteiger partial charge is 0.315 e. The Labute approximate surface area is 154 Å². The van der Waals surface area contributed by atoms with Gasteiger partial charge in [0.15, 0.2) is 0 Å². The Bertz CT molecular complexity index is 1110. The third kappa shape index (κ3) is 2.67. The van der Waals surface area contributed by atoms with Crippen LogP contribution in [0.4, 0.5) is 8.78 Å². The Morgan fingerprint density at radius 2 is 1.58 bits per heavy atom. The van der Waals surface area contributed by atoms with Crippen molar-refractivity contribution < 1.29 is 13.5 Å². The Morgan fingerprint density at radius 1 is 0.885 bits per heavy atom. The van der Waals surface area contributed by atoms with Gasteiger partial charge in [-0.25, -0.2) is 4.98 Å². The first-order chi connectivity index (χ1) is 12.5. The second-order valence-electron chi connectivity index (χ2n) is 5.97. The maximum Gasteiger partial charge on any atom is 0.315 e. The van der Waals surface area contributed by atoms with Crippen LogP contribution < -0.4 is 4.74 Å². The van der Waals surface area contributed by atoms with Gasteiger partial charge >= 0.3 is 5.92 Å². The third-order valence-corrected chi connectivity index (χ3v) is 4.65. The summed E-state index contributed by atoms with van der Waals surface area (Å²) in [5.41, 5.74) is 0.0774. The average Bonchev–Trinajstić information content (AvgIpc) is 2.67. The van der Waals surface area contributed by atoms with Gasteiger partial charge in [0.25, 0.3) is 0 Å². The van der Waals surface area contributed by atoms with Crippen LogP contribution in [0, 0.1) is 0 Å². The molecule has 5 heteroatoms. The molecule has 0 spiro atoms. The Balaban J connectivity index is 2.00. The zero-order chi connectivity index (χ0) is 18.3. The maximum atomic E-state index is 15.3. The van der Waals surface area contributed by atoms with Crippen molar-refractivity contribution in [2.24, 2.45) is 0 Å². The maximum absolute atomic E-state index is 15.3. The molecular weight excluding hydrogens is 356 g/mol. The van der Waals surface area contributed by atoms with Crippen LogP contribution in [0.15, 0.2) is 66.7 Å². The van der Waals surface area contributed by atoms with Gasteiger partial charge in [-0.15, -0.1) is 0 Å². The fourth-order valence-corrected chi connectivity index (χ4v) is 3.28. The van der Waals surface area contributed by atoms with Gasteiger partial charge in [-0.05, 0) is 47.9 Å². The zero-order valence-electron chi connectivity index (χ0n) is 13.8. The van der Waals surface area contributed by atoms with Crippen LogP contribution in [0.2, 0.25) is 5.02 Å². The van der Waals surface area contributed by atoms with Gasteiger partial charge in [-0.3, -0.25) is 0 Å². The van der Waals surface area contributed by atoms with Gasteiger partial charge in [0.05, 0.1) is 12.6 Å². The molecule has 0 bridgehead atoms. The fraction of sp³-hybridized carbons (Fsp3) is 0.0952. The normalized spacial score (nSPS) is 11.8. The Morgan fingerprint density at radius 3 is 2.27 bits per heavy atom. The first-order valence-electron chi connectivity index (χ1n) is 8.01. The topological polar surface area (TPSA) is 22.1 Å². The predicted molar refractivity (Wildman–Crippen MR) is 100 cm³/mol. The first kappa shape index (κ1) is 16.7. The molecule has 0 amide bonds. The molecule has 0 unspecified atom stereocenters. The van der Waals surface area contributed by atoms with E-state index in [0.717, 1.165) is 5.39 Å². The highest BCUT2D eigenvalue weighted by atomic mass is 35.5. The van der Waals surface area contributed by atoms with Gasteiger partial charge < -0.3 is 4.74 Å². The molecular formula is C21H14ClF2NO. The van der Waals surface area contributed by atoms with Gasteiger partial charge in [0.2, 0.25) is 0 Å². The number of fused-ring (bicyclic) bond motifs is 3. The summed E-state index contributed by atoms with van der Waals surface area (Å²) in [6.07, 6.45) is 0. The van der Waals surface area contributed by atoms with Gasteiger partial charge in [0, 0.05) is 21.4 Å². The van der Waals surface area contributed by atoms with Crippen molar-refractivity contribution in [1.82, 2.24) is 4.98 Å². The Hall–Kier alpha value is -2.72.